The van der Waals surface area contributed by atoms with Crippen LogP contribution >= 0.6 is 11.3 Å². The van der Waals surface area contributed by atoms with Crippen molar-refractivity contribution in [2.75, 3.05) is 6.61 Å². The zero-order valence-corrected chi connectivity index (χ0v) is 18.6. The first kappa shape index (κ1) is 20.7. The average molecular weight is 451 g/mol. The summed E-state index contributed by atoms with van der Waals surface area (Å²) >= 11 is 1.31. The lowest BCUT2D eigenvalue weighted by molar-refractivity contribution is 0.339. The van der Waals surface area contributed by atoms with Gasteiger partial charge in [-0.1, -0.05) is 48.5 Å². The SMILES string of the molecule is CCOc1ccccc1/C=C(\C#N)c1nc(-c2cc3c(ccc4ccccc43)oc2=O)cs1. The standard InChI is InChI=1S/C27H18N2O3S/c1-2-31-24-10-6-4-8-18(24)13-19(15-28)26-29-23(16-33-26)22-14-21-20-9-5-3-7-17(20)11-12-25(21)32-27(22)30/h3-14,16H,2H2,1H3/b19-13+. The number of ether oxygens (including phenoxy) is 1. The van der Waals surface area contributed by atoms with E-state index in [4.69, 9.17) is 9.15 Å². The highest BCUT2D eigenvalue weighted by Gasteiger charge is 2.15. The van der Waals surface area contributed by atoms with Crippen LogP contribution in [0.2, 0.25) is 0 Å². The van der Waals surface area contributed by atoms with Gasteiger partial charge in [0.2, 0.25) is 0 Å². The number of thiazole rings is 1. The van der Waals surface area contributed by atoms with E-state index in [1.54, 1.807) is 11.5 Å². The van der Waals surface area contributed by atoms with E-state index in [2.05, 4.69) is 11.1 Å². The fraction of sp³-hybridized carbons (Fsp3) is 0.0741. The normalized spacial score (nSPS) is 11.6. The molecule has 160 valence electrons. The quantitative estimate of drug-likeness (QED) is 0.173. The highest BCUT2D eigenvalue weighted by Crippen LogP contribution is 2.31. The molecule has 0 saturated carbocycles. The summed E-state index contributed by atoms with van der Waals surface area (Å²) in [7, 11) is 0. The highest BCUT2D eigenvalue weighted by molar-refractivity contribution is 7.11. The van der Waals surface area contributed by atoms with Gasteiger partial charge in [-0.2, -0.15) is 5.26 Å². The molecule has 0 atom stereocenters. The van der Waals surface area contributed by atoms with Gasteiger partial charge in [0, 0.05) is 16.3 Å². The van der Waals surface area contributed by atoms with Crippen LogP contribution in [-0.2, 0) is 0 Å². The van der Waals surface area contributed by atoms with Crippen LogP contribution < -0.4 is 10.4 Å². The summed E-state index contributed by atoms with van der Waals surface area (Å²) in [5, 5.41) is 15.0. The second-order valence-corrected chi connectivity index (χ2v) is 8.18. The van der Waals surface area contributed by atoms with Crippen LogP contribution in [0, 0.1) is 11.3 Å². The molecule has 0 aliphatic heterocycles. The van der Waals surface area contributed by atoms with Crippen molar-refractivity contribution in [2.24, 2.45) is 0 Å². The molecule has 6 heteroatoms. The molecule has 0 unspecified atom stereocenters. The molecule has 33 heavy (non-hydrogen) atoms. The number of benzene rings is 3. The molecule has 0 radical (unpaired) electrons. The largest absolute Gasteiger partial charge is 0.493 e. The van der Waals surface area contributed by atoms with Gasteiger partial charge in [0.15, 0.2) is 0 Å². The molecule has 0 saturated heterocycles. The summed E-state index contributed by atoms with van der Waals surface area (Å²) in [6.45, 7) is 2.44. The smallest absolute Gasteiger partial charge is 0.345 e. The molecule has 0 amide bonds. The molecule has 5 nitrogen and oxygen atoms in total. The maximum absolute atomic E-state index is 12.7. The van der Waals surface area contributed by atoms with Crippen molar-refractivity contribution in [3.63, 3.8) is 0 Å². The molecule has 0 aliphatic rings. The Morgan fingerprint density at radius 2 is 1.94 bits per heavy atom. The lowest BCUT2D eigenvalue weighted by Crippen LogP contribution is -2.03. The Kier molecular flexibility index (Phi) is 5.47. The van der Waals surface area contributed by atoms with E-state index in [1.807, 2.05) is 73.7 Å². The summed E-state index contributed by atoms with van der Waals surface area (Å²) < 4.78 is 11.3. The van der Waals surface area contributed by atoms with Crippen LogP contribution in [0.1, 0.15) is 17.5 Å². The summed E-state index contributed by atoms with van der Waals surface area (Å²) in [6.07, 6.45) is 1.75. The minimum absolute atomic E-state index is 0.369. The first-order valence-corrected chi connectivity index (χ1v) is 11.3. The molecule has 3 aromatic carbocycles. The summed E-state index contributed by atoms with van der Waals surface area (Å²) in [6, 6.07) is 23.3. The Morgan fingerprint density at radius 1 is 1.12 bits per heavy atom. The van der Waals surface area contributed by atoms with E-state index >= 15 is 0 Å². The molecule has 2 aromatic heterocycles. The van der Waals surface area contributed by atoms with E-state index in [9.17, 15) is 10.1 Å². The monoisotopic (exact) mass is 450 g/mol. The fourth-order valence-electron chi connectivity index (χ4n) is 3.76. The van der Waals surface area contributed by atoms with Gasteiger partial charge in [-0.25, -0.2) is 9.78 Å². The van der Waals surface area contributed by atoms with Crippen LogP contribution in [0.4, 0.5) is 0 Å². The molecule has 5 rings (SSSR count). The third-order valence-corrected chi connectivity index (χ3v) is 6.17. The van der Waals surface area contributed by atoms with E-state index in [0.29, 0.717) is 39.8 Å². The molecule has 2 heterocycles. The number of aromatic nitrogens is 1. The van der Waals surface area contributed by atoms with Gasteiger partial charge in [-0.3, -0.25) is 0 Å². The van der Waals surface area contributed by atoms with E-state index < -0.39 is 5.63 Å². The fourth-order valence-corrected chi connectivity index (χ4v) is 4.54. The van der Waals surface area contributed by atoms with Crippen LogP contribution in [0.3, 0.4) is 0 Å². The van der Waals surface area contributed by atoms with Crippen molar-refractivity contribution in [3.8, 4) is 23.1 Å². The molecule has 0 bridgehead atoms. The summed E-state index contributed by atoms with van der Waals surface area (Å²) in [5.74, 6) is 0.701. The van der Waals surface area contributed by atoms with Gasteiger partial charge in [-0.15, -0.1) is 11.3 Å². The first-order valence-electron chi connectivity index (χ1n) is 10.4. The summed E-state index contributed by atoms with van der Waals surface area (Å²) in [5.41, 5.74) is 2.12. The first-order chi connectivity index (χ1) is 16.2. The van der Waals surface area contributed by atoms with Crippen LogP contribution in [-0.4, -0.2) is 11.6 Å². The van der Waals surface area contributed by atoms with Crippen molar-refractivity contribution >= 4 is 44.7 Å². The number of hydrogen-bond donors (Lipinski definition) is 0. The van der Waals surface area contributed by atoms with Gasteiger partial charge in [-0.05, 0) is 42.0 Å². The van der Waals surface area contributed by atoms with Crippen LogP contribution in [0.5, 0.6) is 5.75 Å². The van der Waals surface area contributed by atoms with Gasteiger partial charge in [0.1, 0.15) is 22.4 Å². The lowest BCUT2D eigenvalue weighted by Gasteiger charge is -2.06. The Morgan fingerprint density at radius 3 is 2.79 bits per heavy atom. The number of hydrogen-bond acceptors (Lipinski definition) is 6. The second-order valence-electron chi connectivity index (χ2n) is 7.32. The van der Waals surface area contributed by atoms with Crippen molar-refractivity contribution in [2.45, 2.75) is 6.92 Å². The maximum Gasteiger partial charge on any atom is 0.345 e. The highest BCUT2D eigenvalue weighted by atomic mass is 32.1. The lowest BCUT2D eigenvalue weighted by atomic mass is 10.0. The number of fused-ring (bicyclic) bond motifs is 3. The topological polar surface area (TPSA) is 76.1 Å². The van der Waals surface area contributed by atoms with Gasteiger partial charge < -0.3 is 9.15 Å². The van der Waals surface area contributed by atoms with Crippen molar-refractivity contribution in [1.82, 2.24) is 4.98 Å². The predicted octanol–water partition coefficient (Wildman–Crippen LogP) is 6.53. The summed E-state index contributed by atoms with van der Waals surface area (Å²) in [4.78, 5) is 17.3. The van der Waals surface area contributed by atoms with E-state index in [1.165, 1.54) is 11.3 Å². The number of nitriles is 1. The number of nitrogens with zero attached hydrogens (tertiary/aromatic N) is 2. The van der Waals surface area contributed by atoms with Crippen molar-refractivity contribution in [1.29, 1.82) is 5.26 Å². The van der Waals surface area contributed by atoms with Crippen molar-refractivity contribution in [3.05, 3.63) is 93.1 Å². The molecule has 0 aliphatic carbocycles. The molecule has 0 fully saturated rings. The number of para-hydroxylation sites is 1. The van der Waals surface area contributed by atoms with Crippen molar-refractivity contribution < 1.29 is 9.15 Å². The molecular weight excluding hydrogens is 432 g/mol. The molecule has 5 aromatic rings. The number of rotatable bonds is 5. The molecular formula is C27H18N2O3S. The van der Waals surface area contributed by atoms with Crippen LogP contribution in [0.15, 0.2) is 81.3 Å². The molecule has 0 spiro atoms. The zero-order valence-electron chi connectivity index (χ0n) is 17.7. The second kappa shape index (κ2) is 8.73. The Bertz CT molecular complexity index is 1620. The van der Waals surface area contributed by atoms with E-state index in [0.717, 1.165) is 21.7 Å². The zero-order chi connectivity index (χ0) is 22.8. The third-order valence-electron chi connectivity index (χ3n) is 5.29. The Labute approximate surface area is 193 Å². The van der Waals surface area contributed by atoms with Gasteiger partial charge >= 0.3 is 5.63 Å². The Balaban J connectivity index is 1.60. The van der Waals surface area contributed by atoms with Gasteiger partial charge in [0.25, 0.3) is 0 Å². The maximum atomic E-state index is 12.7. The predicted molar refractivity (Wildman–Crippen MR) is 132 cm³/mol. The van der Waals surface area contributed by atoms with Crippen LogP contribution in [0.25, 0.3) is 44.6 Å². The number of allylic oxidation sites excluding steroid dienone is 1. The van der Waals surface area contributed by atoms with Gasteiger partial charge in [0.05, 0.1) is 23.4 Å². The van der Waals surface area contributed by atoms with E-state index in [-0.39, 0.29) is 0 Å². The Hall–Kier alpha value is -4.21. The molecule has 0 N–H and O–H groups in total. The third kappa shape index (κ3) is 3.91. The minimum Gasteiger partial charge on any atom is -0.493 e. The minimum atomic E-state index is -0.459. The average Bonchev–Trinajstić information content (AvgIpc) is 3.33.